The van der Waals surface area contributed by atoms with Gasteiger partial charge in [0.05, 0.1) is 34.6 Å². The van der Waals surface area contributed by atoms with E-state index in [-0.39, 0.29) is 28.4 Å². The number of hydrogen-bond acceptors (Lipinski definition) is 5. The van der Waals surface area contributed by atoms with Gasteiger partial charge in [0.2, 0.25) is 5.91 Å². The molecule has 0 atom stereocenters. The number of nitrogens with one attached hydrogen (secondary N) is 1. The van der Waals surface area contributed by atoms with Crippen LogP contribution in [0.3, 0.4) is 0 Å². The quantitative estimate of drug-likeness (QED) is 0.656. The smallest absolute Gasteiger partial charge is 0.337 e. The highest BCUT2D eigenvalue weighted by Gasteiger charge is 2.36. The number of para-hydroxylation sites is 1. The number of anilines is 2. The van der Waals surface area contributed by atoms with Crippen LogP contribution in [0, 0.1) is 0 Å². The van der Waals surface area contributed by atoms with Crippen LogP contribution in [0.25, 0.3) is 0 Å². The van der Waals surface area contributed by atoms with E-state index in [1.165, 1.54) is 31.4 Å². The molecule has 0 spiro atoms. The zero-order valence-electron chi connectivity index (χ0n) is 13.6. The third-order valence-electron chi connectivity index (χ3n) is 3.84. The molecule has 0 saturated carbocycles. The summed E-state index contributed by atoms with van der Waals surface area (Å²) in [6, 6.07) is 10.7. The Kier molecular flexibility index (Phi) is 4.73. The Morgan fingerprint density at radius 3 is 2.62 bits per heavy atom. The lowest BCUT2D eigenvalue weighted by molar-refractivity contribution is -0.118. The minimum atomic E-state index is -0.768. The number of carbonyl (C=O) groups is 4. The molecular weight excluding hydrogens is 360 g/mol. The Morgan fingerprint density at radius 1 is 1.15 bits per heavy atom. The Bertz CT molecular complexity index is 941. The minimum absolute atomic E-state index is 0.200. The molecule has 0 bridgehead atoms. The first kappa shape index (κ1) is 17.6. The van der Waals surface area contributed by atoms with Crippen molar-refractivity contribution < 1.29 is 23.9 Å². The lowest BCUT2D eigenvalue weighted by atomic mass is 10.1. The lowest BCUT2D eigenvalue weighted by Crippen LogP contribution is -2.37. The number of ketones is 1. The SMILES string of the molecule is COC(=O)c1ccc(Cl)c(NC(=O)CN2C(=O)C(=O)c3ccccc32)c1. The van der Waals surface area contributed by atoms with Crippen LogP contribution in [0.15, 0.2) is 42.5 Å². The van der Waals surface area contributed by atoms with E-state index in [1.807, 2.05) is 0 Å². The van der Waals surface area contributed by atoms with Gasteiger partial charge in [-0.15, -0.1) is 0 Å². The molecule has 1 N–H and O–H groups in total. The number of hydrogen-bond donors (Lipinski definition) is 1. The highest BCUT2D eigenvalue weighted by Crippen LogP contribution is 2.29. The van der Waals surface area contributed by atoms with Crippen molar-refractivity contribution in [2.45, 2.75) is 0 Å². The largest absolute Gasteiger partial charge is 0.465 e. The summed E-state index contributed by atoms with van der Waals surface area (Å²) >= 11 is 6.04. The van der Waals surface area contributed by atoms with Gasteiger partial charge < -0.3 is 10.1 Å². The van der Waals surface area contributed by atoms with Crippen molar-refractivity contribution in [3.05, 3.63) is 58.6 Å². The topological polar surface area (TPSA) is 92.8 Å². The van der Waals surface area contributed by atoms with Crippen LogP contribution in [0.4, 0.5) is 11.4 Å². The Morgan fingerprint density at radius 2 is 1.88 bits per heavy atom. The van der Waals surface area contributed by atoms with Crippen LogP contribution in [-0.4, -0.2) is 37.2 Å². The van der Waals surface area contributed by atoms with Crippen molar-refractivity contribution in [1.29, 1.82) is 0 Å². The van der Waals surface area contributed by atoms with E-state index in [0.29, 0.717) is 5.69 Å². The first-order valence-corrected chi connectivity index (χ1v) is 7.93. The highest BCUT2D eigenvalue weighted by atomic mass is 35.5. The van der Waals surface area contributed by atoms with Crippen LogP contribution in [0.2, 0.25) is 5.02 Å². The van der Waals surface area contributed by atoms with Gasteiger partial charge in [0.25, 0.3) is 11.7 Å². The molecule has 0 fully saturated rings. The molecule has 0 saturated heterocycles. The van der Waals surface area contributed by atoms with Crippen molar-refractivity contribution in [3.63, 3.8) is 0 Å². The second kappa shape index (κ2) is 6.97. The number of amides is 2. The number of ether oxygens (including phenoxy) is 1. The van der Waals surface area contributed by atoms with Gasteiger partial charge in [-0.1, -0.05) is 23.7 Å². The molecule has 1 aliphatic rings. The van der Waals surface area contributed by atoms with Crippen molar-refractivity contribution in [1.82, 2.24) is 0 Å². The molecule has 1 heterocycles. The molecule has 2 aromatic rings. The molecule has 0 aliphatic carbocycles. The van der Waals surface area contributed by atoms with Gasteiger partial charge >= 0.3 is 5.97 Å². The maximum atomic E-state index is 12.3. The Labute approximate surface area is 153 Å². The van der Waals surface area contributed by atoms with Crippen molar-refractivity contribution in [2.75, 3.05) is 23.9 Å². The van der Waals surface area contributed by atoms with Gasteiger partial charge in [0.1, 0.15) is 6.54 Å². The second-order valence-corrected chi connectivity index (χ2v) is 5.88. The maximum Gasteiger partial charge on any atom is 0.337 e. The predicted molar refractivity (Wildman–Crippen MR) is 94.5 cm³/mol. The summed E-state index contributed by atoms with van der Waals surface area (Å²) < 4.78 is 4.62. The second-order valence-electron chi connectivity index (χ2n) is 5.47. The summed E-state index contributed by atoms with van der Waals surface area (Å²) in [5.74, 6) is -2.56. The number of halogens is 1. The number of nitrogens with zero attached hydrogens (tertiary/aromatic N) is 1. The summed E-state index contributed by atoms with van der Waals surface area (Å²) in [4.78, 5) is 49.1. The summed E-state index contributed by atoms with van der Waals surface area (Å²) in [5.41, 5.74) is 1.05. The fourth-order valence-electron chi connectivity index (χ4n) is 2.60. The molecule has 132 valence electrons. The van der Waals surface area contributed by atoms with E-state index < -0.39 is 23.6 Å². The average Bonchev–Trinajstić information content (AvgIpc) is 2.88. The average molecular weight is 373 g/mol. The summed E-state index contributed by atoms with van der Waals surface area (Å²) in [5, 5.41) is 2.76. The fourth-order valence-corrected chi connectivity index (χ4v) is 2.77. The summed E-state index contributed by atoms with van der Waals surface area (Å²) in [7, 11) is 1.24. The van der Waals surface area contributed by atoms with E-state index in [0.717, 1.165) is 4.90 Å². The molecule has 0 aromatic heterocycles. The van der Waals surface area contributed by atoms with Gasteiger partial charge in [-0.25, -0.2) is 4.79 Å². The Balaban J connectivity index is 1.79. The predicted octanol–water partition coefficient (Wildman–Crippen LogP) is 2.29. The molecule has 0 radical (unpaired) electrons. The zero-order valence-corrected chi connectivity index (χ0v) is 14.4. The number of Topliss-reactive ketones (excluding diaryl/α,β-unsaturated/α-hetero) is 1. The minimum Gasteiger partial charge on any atom is -0.465 e. The molecule has 7 nitrogen and oxygen atoms in total. The van der Waals surface area contributed by atoms with E-state index in [9.17, 15) is 19.2 Å². The molecule has 1 aliphatic heterocycles. The third kappa shape index (κ3) is 3.16. The van der Waals surface area contributed by atoms with Gasteiger partial charge in [0, 0.05) is 0 Å². The Hall–Kier alpha value is -3.19. The third-order valence-corrected chi connectivity index (χ3v) is 4.17. The number of esters is 1. The molecule has 8 heteroatoms. The number of carbonyl (C=O) groups excluding carboxylic acids is 4. The number of benzene rings is 2. The first-order valence-electron chi connectivity index (χ1n) is 7.55. The van der Waals surface area contributed by atoms with E-state index >= 15 is 0 Å². The summed E-state index contributed by atoms with van der Waals surface area (Å²) in [6.07, 6.45) is 0. The van der Waals surface area contributed by atoms with E-state index in [4.69, 9.17) is 11.6 Å². The van der Waals surface area contributed by atoms with Crippen molar-refractivity contribution in [2.24, 2.45) is 0 Å². The van der Waals surface area contributed by atoms with Crippen LogP contribution in [0.1, 0.15) is 20.7 Å². The van der Waals surface area contributed by atoms with Gasteiger partial charge in [-0.3, -0.25) is 19.3 Å². The van der Waals surface area contributed by atoms with Crippen LogP contribution in [0.5, 0.6) is 0 Å². The van der Waals surface area contributed by atoms with Crippen molar-refractivity contribution in [3.8, 4) is 0 Å². The van der Waals surface area contributed by atoms with Gasteiger partial charge in [0.15, 0.2) is 0 Å². The van der Waals surface area contributed by atoms with Gasteiger partial charge in [-0.05, 0) is 30.3 Å². The van der Waals surface area contributed by atoms with Crippen LogP contribution in [-0.2, 0) is 14.3 Å². The van der Waals surface area contributed by atoms with Crippen molar-refractivity contribution >= 4 is 46.5 Å². The molecule has 2 amide bonds. The molecule has 0 unspecified atom stereocenters. The molecule has 26 heavy (non-hydrogen) atoms. The van der Waals surface area contributed by atoms with E-state index in [2.05, 4.69) is 10.1 Å². The standard InChI is InChI=1S/C18H13ClN2O5/c1-26-18(25)10-6-7-12(19)13(8-10)20-15(22)9-21-14-5-3-2-4-11(14)16(23)17(21)24/h2-8H,9H2,1H3,(H,20,22). The maximum absolute atomic E-state index is 12.3. The summed E-state index contributed by atoms with van der Waals surface area (Å²) in [6.45, 7) is -0.361. The fraction of sp³-hybridized carbons (Fsp3) is 0.111. The highest BCUT2D eigenvalue weighted by molar-refractivity contribution is 6.52. The van der Waals surface area contributed by atoms with Crippen LogP contribution >= 0.6 is 11.6 Å². The monoisotopic (exact) mass is 372 g/mol. The number of rotatable bonds is 4. The number of fused-ring (bicyclic) bond motifs is 1. The van der Waals surface area contributed by atoms with E-state index in [1.54, 1.807) is 18.2 Å². The normalized spacial score (nSPS) is 12.8. The molecular formula is C18H13ClN2O5. The lowest BCUT2D eigenvalue weighted by Gasteiger charge is -2.16. The molecule has 2 aromatic carbocycles. The first-order chi connectivity index (χ1) is 12.4. The zero-order chi connectivity index (χ0) is 18.8. The number of methoxy groups -OCH3 is 1. The van der Waals surface area contributed by atoms with Crippen LogP contribution < -0.4 is 10.2 Å². The van der Waals surface area contributed by atoms with Gasteiger partial charge in [-0.2, -0.15) is 0 Å². The molecule has 3 rings (SSSR count).